The van der Waals surface area contributed by atoms with E-state index in [0.717, 1.165) is 24.4 Å². The van der Waals surface area contributed by atoms with Crippen LogP contribution in [0.5, 0.6) is 5.75 Å². The largest absolute Gasteiger partial charge is 0.497 e. The van der Waals surface area contributed by atoms with E-state index in [4.69, 9.17) is 4.74 Å². The van der Waals surface area contributed by atoms with Gasteiger partial charge in [-0.05, 0) is 50.1 Å². The van der Waals surface area contributed by atoms with Crippen LogP contribution in [0.1, 0.15) is 19.3 Å². The molecule has 1 saturated heterocycles. The molecule has 3 N–H and O–H groups in total. The second-order valence-electron chi connectivity index (χ2n) is 4.69. The fourth-order valence-electron chi connectivity index (χ4n) is 2.21. The Balaban J connectivity index is 1.68. The fraction of sp³-hybridized carbons (Fsp3) is 0.500. The van der Waals surface area contributed by atoms with E-state index in [-0.39, 0.29) is 6.03 Å². The van der Waals surface area contributed by atoms with Gasteiger partial charge in [-0.1, -0.05) is 0 Å². The van der Waals surface area contributed by atoms with Crippen LogP contribution in [-0.4, -0.2) is 32.3 Å². The Hall–Kier alpha value is -1.75. The van der Waals surface area contributed by atoms with E-state index in [9.17, 15) is 4.79 Å². The number of hydrogen-bond acceptors (Lipinski definition) is 3. The molecule has 1 fully saturated rings. The van der Waals surface area contributed by atoms with Crippen LogP contribution in [0.15, 0.2) is 24.3 Å². The highest BCUT2D eigenvalue weighted by Gasteiger charge is 2.13. The van der Waals surface area contributed by atoms with Crippen molar-refractivity contribution >= 4 is 11.7 Å². The number of rotatable bonds is 5. The molecule has 19 heavy (non-hydrogen) atoms. The van der Waals surface area contributed by atoms with Crippen LogP contribution < -0.4 is 20.7 Å². The summed E-state index contributed by atoms with van der Waals surface area (Å²) in [5.41, 5.74) is 0.761. The zero-order valence-electron chi connectivity index (χ0n) is 11.2. The molecule has 1 heterocycles. The summed E-state index contributed by atoms with van der Waals surface area (Å²) < 4.78 is 5.06. The summed E-state index contributed by atoms with van der Waals surface area (Å²) >= 11 is 0. The predicted molar refractivity (Wildman–Crippen MR) is 75.7 cm³/mol. The van der Waals surface area contributed by atoms with Crippen molar-refractivity contribution in [3.63, 3.8) is 0 Å². The van der Waals surface area contributed by atoms with Crippen LogP contribution in [0.2, 0.25) is 0 Å². The monoisotopic (exact) mass is 263 g/mol. The van der Waals surface area contributed by atoms with Crippen molar-refractivity contribution in [3.8, 4) is 5.75 Å². The Morgan fingerprint density at radius 1 is 1.42 bits per heavy atom. The first-order valence-electron chi connectivity index (χ1n) is 6.70. The van der Waals surface area contributed by atoms with Gasteiger partial charge in [-0.3, -0.25) is 0 Å². The lowest BCUT2D eigenvalue weighted by Gasteiger charge is -2.11. The Morgan fingerprint density at radius 2 is 2.21 bits per heavy atom. The number of methoxy groups -OCH3 is 1. The summed E-state index contributed by atoms with van der Waals surface area (Å²) in [7, 11) is 1.62. The lowest BCUT2D eigenvalue weighted by molar-refractivity contribution is 0.251. The first kappa shape index (κ1) is 13.7. The summed E-state index contributed by atoms with van der Waals surface area (Å²) in [4.78, 5) is 11.7. The highest BCUT2D eigenvalue weighted by molar-refractivity contribution is 5.89. The Bertz CT molecular complexity index is 400. The minimum absolute atomic E-state index is 0.164. The first-order valence-corrected chi connectivity index (χ1v) is 6.70. The van der Waals surface area contributed by atoms with Gasteiger partial charge in [-0.15, -0.1) is 0 Å². The van der Waals surface area contributed by atoms with Crippen LogP contribution in [0.4, 0.5) is 10.5 Å². The molecule has 104 valence electrons. The molecule has 1 unspecified atom stereocenters. The van der Waals surface area contributed by atoms with Gasteiger partial charge >= 0.3 is 6.03 Å². The number of carbonyl (C=O) groups is 1. The molecular formula is C14H21N3O2. The molecule has 1 aromatic carbocycles. The smallest absolute Gasteiger partial charge is 0.319 e. The Morgan fingerprint density at radius 3 is 2.84 bits per heavy atom. The van der Waals surface area contributed by atoms with Gasteiger partial charge in [-0.25, -0.2) is 4.79 Å². The van der Waals surface area contributed by atoms with Crippen LogP contribution in [0.25, 0.3) is 0 Å². The third kappa shape index (κ3) is 4.44. The predicted octanol–water partition coefficient (Wildman–Crippen LogP) is 1.96. The standard InChI is InChI=1S/C14H21N3O2/c1-19-13-6-4-12(5-7-13)17-14(18)16-10-8-11-3-2-9-15-11/h4-7,11,15H,2-3,8-10H2,1H3,(H2,16,17,18). The minimum atomic E-state index is -0.164. The van der Waals surface area contributed by atoms with Crippen molar-refractivity contribution < 1.29 is 9.53 Å². The van der Waals surface area contributed by atoms with Gasteiger partial charge in [-0.2, -0.15) is 0 Å². The van der Waals surface area contributed by atoms with Gasteiger partial charge in [0, 0.05) is 18.3 Å². The molecule has 1 aromatic rings. The molecule has 0 radical (unpaired) electrons. The number of hydrogen-bond donors (Lipinski definition) is 3. The zero-order chi connectivity index (χ0) is 13.5. The second kappa shape index (κ2) is 6.99. The SMILES string of the molecule is COc1ccc(NC(=O)NCCC2CCCN2)cc1. The number of nitrogens with one attached hydrogen (secondary N) is 3. The number of carbonyl (C=O) groups excluding carboxylic acids is 1. The van der Waals surface area contributed by atoms with Crippen molar-refractivity contribution in [2.45, 2.75) is 25.3 Å². The second-order valence-corrected chi connectivity index (χ2v) is 4.69. The van der Waals surface area contributed by atoms with E-state index in [0.29, 0.717) is 12.6 Å². The lowest BCUT2D eigenvalue weighted by atomic mass is 10.1. The molecule has 0 aromatic heterocycles. The minimum Gasteiger partial charge on any atom is -0.497 e. The van der Waals surface area contributed by atoms with Crippen molar-refractivity contribution in [3.05, 3.63) is 24.3 Å². The number of ether oxygens (including phenoxy) is 1. The summed E-state index contributed by atoms with van der Waals surface area (Å²) in [6.07, 6.45) is 3.43. The molecule has 1 aliphatic rings. The summed E-state index contributed by atoms with van der Waals surface area (Å²) in [5, 5.41) is 9.07. The van der Waals surface area contributed by atoms with Gasteiger partial charge < -0.3 is 20.7 Å². The number of benzene rings is 1. The third-order valence-electron chi connectivity index (χ3n) is 3.29. The molecule has 0 spiro atoms. The highest BCUT2D eigenvalue weighted by atomic mass is 16.5. The Kier molecular flexibility index (Phi) is 5.03. The van der Waals surface area contributed by atoms with Crippen molar-refractivity contribution in [1.29, 1.82) is 0 Å². The molecule has 2 rings (SSSR count). The topological polar surface area (TPSA) is 62.4 Å². The van der Waals surface area contributed by atoms with E-state index >= 15 is 0 Å². The van der Waals surface area contributed by atoms with Gasteiger partial charge in [0.05, 0.1) is 7.11 Å². The average Bonchev–Trinajstić information content (AvgIpc) is 2.93. The fourth-order valence-corrected chi connectivity index (χ4v) is 2.21. The maximum atomic E-state index is 11.7. The molecule has 5 heteroatoms. The molecule has 1 atom stereocenters. The molecular weight excluding hydrogens is 242 g/mol. The molecule has 0 aliphatic carbocycles. The van der Waals surface area contributed by atoms with E-state index in [1.54, 1.807) is 7.11 Å². The molecule has 2 amide bonds. The maximum absolute atomic E-state index is 11.7. The van der Waals surface area contributed by atoms with Crippen LogP contribution in [-0.2, 0) is 0 Å². The van der Waals surface area contributed by atoms with Crippen LogP contribution in [0, 0.1) is 0 Å². The van der Waals surface area contributed by atoms with E-state index in [2.05, 4.69) is 16.0 Å². The van der Waals surface area contributed by atoms with E-state index < -0.39 is 0 Å². The average molecular weight is 263 g/mol. The molecule has 0 saturated carbocycles. The lowest BCUT2D eigenvalue weighted by Crippen LogP contribution is -2.33. The number of anilines is 1. The van der Waals surface area contributed by atoms with Crippen molar-refractivity contribution in [2.75, 3.05) is 25.5 Å². The van der Waals surface area contributed by atoms with Crippen molar-refractivity contribution in [1.82, 2.24) is 10.6 Å². The van der Waals surface area contributed by atoms with Gasteiger partial charge in [0.2, 0.25) is 0 Å². The van der Waals surface area contributed by atoms with Crippen molar-refractivity contribution in [2.24, 2.45) is 0 Å². The summed E-state index contributed by atoms with van der Waals surface area (Å²) in [5.74, 6) is 0.776. The van der Waals surface area contributed by atoms with Crippen LogP contribution in [0.3, 0.4) is 0 Å². The quantitative estimate of drug-likeness (QED) is 0.761. The molecule has 0 bridgehead atoms. The Labute approximate surface area is 113 Å². The normalized spacial score (nSPS) is 18.1. The van der Waals surface area contributed by atoms with Gasteiger partial charge in [0.1, 0.15) is 5.75 Å². The first-order chi connectivity index (χ1) is 9.28. The summed E-state index contributed by atoms with van der Waals surface area (Å²) in [6, 6.07) is 7.66. The van der Waals surface area contributed by atoms with E-state index in [1.165, 1.54) is 12.8 Å². The van der Waals surface area contributed by atoms with E-state index in [1.807, 2.05) is 24.3 Å². The third-order valence-corrected chi connectivity index (χ3v) is 3.29. The zero-order valence-corrected chi connectivity index (χ0v) is 11.2. The number of urea groups is 1. The number of amides is 2. The summed E-state index contributed by atoms with van der Waals surface area (Å²) in [6.45, 7) is 1.79. The molecule has 5 nitrogen and oxygen atoms in total. The van der Waals surface area contributed by atoms with Gasteiger partial charge in [0.25, 0.3) is 0 Å². The molecule has 1 aliphatic heterocycles. The van der Waals surface area contributed by atoms with Crippen LogP contribution >= 0.6 is 0 Å². The highest BCUT2D eigenvalue weighted by Crippen LogP contribution is 2.14. The maximum Gasteiger partial charge on any atom is 0.319 e. The van der Waals surface area contributed by atoms with Gasteiger partial charge in [0.15, 0.2) is 0 Å².